The molecule has 0 saturated heterocycles. The molecule has 2 nitrogen and oxygen atoms in total. The number of hydrogen-bond acceptors (Lipinski definition) is 2. The van der Waals surface area contributed by atoms with E-state index in [4.69, 9.17) is 28.5 Å². The first kappa shape index (κ1) is 11.1. The van der Waals surface area contributed by atoms with Crippen molar-refractivity contribution in [2.24, 2.45) is 0 Å². The first-order chi connectivity index (χ1) is 6.54. The van der Waals surface area contributed by atoms with Crippen LogP contribution in [0.25, 0.3) is 0 Å². The highest BCUT2D eigenvalue weighted by molar-refractivity contribution is 6.35. The molecule has 0 aliphatic rings. The van der Waals surface area contributed by atoms with Crippen LogP contribution in [-0.4, -0.2) is 6.04 Å². The van der Waals surface area contributed by atoms with Crippen LogP contribution in [0.5, 0.6) is 0 Å². The molecule has 0 aromatic heterocycles. The molecule has 0 fully saturated rings. The van der Waals surface area contributed by atoms with Crippen LogP contribution in [0.3, 0.4) is 0 Å². The molecule has 0 heterocycles. The summed E-state index contributed by atoms with van der Waals surface area (Å²) >= 11 is 11.1. The second kappa shape index (κ2) is 4.50. The molecule has 0 saturated carbocycles. The number of nitriles is 1. The maximum atomic E-state index is 13.0. The van der Waals surface area contributed by atoms with E-state index in [9.17, 15) is 4.39 Å². The quantitative estimate of drug-likeness (QED) is 0.794. The summed E-state index contributed by atoms with van der Waals surface area (Å²) in [5.74, 6) is -0.650. The van der Waals surface area contributed by atoms with Crippen molar-refractivity contribution in [2.45, 2.75) is 13.0 Å². The van der Waals surface area contributed by atoms with Crippen molar-refractivity contribution in [3.8, 4) is 6.07 Å². The molecule has 1 rings (SSSR count). The maximum Gasteiger partial charge on any atom is 0.160 e. The molecular weight excluding hydrogens is 226 g/mol. The van der Waals surface area contributed by atoms with E-state index in [-0.39, 0.29) is 16.1 Å². The Balaban J connectivity index is 2.97. The molecule has 0 amide bonds. The van der Waals surface area contributed by atoms with Crippen LogP contribution in [0.1, 0.15) is 6.92 Å². The summed E-state index contributed by atoms with van der Waals surface area (Å²) in [7, 11) is 0. The maximum absolute atomic E-state index is 13.0. The van der Waals surface area contributed by atoms with Crippen molar-refractivity contribution in [3.05, 3.63) is 28.0 Å². The Morgan fingerprint density at radius 2 is 1.93 bits per heavy atom. The van der Waals surface area contributed by atoms with Crippen LogP contribution in [0.15, 0.2) is 12.1 Å². The minimum Gasteiger partial charge on any atom is -0.370 e. The van der Waals surface area contributed by atoms with Gasteiger partial charge in [0.05, 0.1) is 16.1 Å². The van der Waals surface area contributed by atoms with Gasteiger partial charge in [0.2, 0.25) is 0 Å². The number of rotatable bonds is 2. The zero-order chi connectivity index (χ0) is 10.7. The van der Waals surface area contributed by atoms with E-state index in [2.05, 4.69) is 5.32 Å². The normalized spacial score (nSPS) is 11.9. The number of nitrogens with one attached hydrogen (secondary N) is 1. The number of hydrogen-bond donors (Lipinski definition) is 1. The van der Waals surface area contributed by atoms with E-state index >= 15 is 0 Å². The highest BCUT2D eigenvalue weighted by atomic mass is 35.5. The summed E-state index contributed by atoms with van der Waals surface area (Å²) in [6.45, 7) is 1.67. The molecular formula is C9H7Cl2FN2. The van der Waals surface area contributed by atoms with Crippen LogP contribution in [0.4, 0.5) is 10.1 Å². The van der Waals surface area contributed by atoms with Gasteiger partial charge in [0, 0.05) is 5.69 Å². The van der Waals surface area contributed by atoms with E-state index < -0.39 is 5.82 Å². The van der Waals surface area contributed by atoms with E-state index in [0.29, 0.717) is 5.69 Å². The van der Waals surface area contributed by atoms with Crippen molar-refractivity contribution in [2.75, 3.05) is 5.32 Å². The van der Waals surface area contributed by atoms with Crippen LogP contribution in [0.2, 0.25) is 10.0 Å². The molecule has 1 aromatic rings. The van der Waals surface area contributed by atoms with Gasteiger partial charge in [-0.05, 0) is 19.1 Å². The molecule has 0 spiro atoms. The van der Waals surface area contributed by atoms with Gasteiger partial charge in [-0.1, -0.05) is 23.2 Å². The predicted molar refractivity (Wildman–Crippen MR) is 55.1 cm³/mol. The summed E-state index contributed by atoms with van der Waals surface area (Å²) in [5.41, 5.74) is 0.524. The Labute approximate surface area is 91.2 Å². The van der Waals surface area contributed by atoms with Crippen LogP contribution < -0.4 is 5.32 Å². The van der Waals surface area contributed by atoms with Crippen LogP contribution in [-0.2, 0) is 0 Å². The lowest BCUT2D eigenvalue weighted by molar-refractivity contribution is 0.629. The van der Waals surface area contributed by atoms with E-state index in [0.717, 1.165) is 0 Å². The first-order valence-corrected chi connectivity index (χ1v) is 4.61. The Morgan fingerprint density at radius 1 is 1.43 bits per heavy atom. The molecule has 0 aliphatic carbocycles. The Bertz CT molecular complexity index is 364. The average molecular weight is 233 g/mol. The number of nitrogens with zero attached hydrogens (tertiary/aromatic N) is 1. The van der Waals surface area contributed by atoms with Gasteiger partial charge < -0.3 is 5.32 Å². The van der Waals surface area contributed by atoms with Gasteiger partial charge in [0.25, 0.3) is 0 Å². The van der Waals surface area contributed by atoms with E-state index in [1.807, 2.05) is 6.07 Å². The predicted octanol–water partition coefficient (Wildman–Crippen LogP) is 3.46. The molecule has 0 radical (unpaired) electrons. The van der Waals surface area contributed by atoms with Gasteiger partial charge in [-0.15, -0.1) is 0 Å². The van der Waals surface area contributed by atoms with Gasteiger partial charge in [0.15, 0.2) is 5.82 Å². The lowest BCUT2D eigenvalue weighted by Gasteiger charge is -2.09. The van der Waals surface area contributed by atoms with Crippen molar-refractivity contribution >= 4 is 28.9 Å². The third-order valence-electron chi connectivity index (χ3n) is 1.56. The molecule has 1 N–H and O–H groups in total. The Hall–Kier alpha value is -0.980. The lowest BCUT2D eigenvalue weighted by Crippen LogP contribution is -2.11. The first-order valence-electron chi connectivity index (χ1n) is 3.85. The van der Waals surface area contributed by atoms with Gasteiger partial charge >= 0.3 is 0 Å². The Morgan fingerprint density at radius 3 is 2.36 bits per heavy atom. The van der Waals surface area contributed by atoms with Gasteiger partial charge in [-0.25, -0.2) is 4.39 Å². The topological polar surface area (TPSA) is 35.8 Å². The summed E-state index contributed by atoms with van der Waals surface area (Å²) in [5, 5.41) is 11.2. The van der Waals surface area contributed by atoms with Crippen molar-refractivity contribution in [1.82, 2.24) is 0 Å². The monoisotopic (exact) mass is 232 g/mol. The number of anilines is 1. The third-order valence-corrected chi connectivity index (χ3v) is 2.11. The summed E-state index contributed by atoms with van der Waals surface area (Å²) in [6.07, 6.45) is 0. The Kier molecular flexibility index (Phi) is 3.56. The van der Waals surface area contributed by atoms with Crippen LogP contribution in [0, 0.1) is 17.1 Å². The molecule has 74 valence electrons. The highest BCUT2D eigenvalue weighted by Gasteiger charge is 2.08. The second-order valence-corrected chi connectivity index (χ2v) is 3.56. The second-order valence-electron chi connectivity index (χ2n) is 2.75. The standard InChI is InChI=1S/C9H7Cl2FN2/c1-5(4-13)14-6-2-7(10)9(12)8(11)3-6/h2-3,5,14H,1H3. The molecule has 1 unspecified atom stereocenters. The molecule has 5 heteroatoms. The fourth-order valence-electron chi connectivity index (χ4n) is 0.921. The molecule has 14 heavy (non-hydrogen) atoms. The summed E-state index contributed by atoms with van der Waals surface area (Å²) < 4.78 is 13.0. The van der Waals surface area contributed by atoms with Gasteiger partial charge in [-0.3, -0.25) is 0 Å². The molecule has 1 atom stereocenters. The molecule has 1 aromatic carbocycles. The minimum atomic E-state index is -0.650. The van der Waals surface area contributed by atoms with Crippen molar-refractivity contribution in [1.29, 1.82) is 5.26 Å². The SMILES string of the molecule is CC(C#N)Nc1cc(Cl)c(F)c(Cl)c1. The molecule has 0 aliphatic heterocycles. The number of halogens is 3. The number of benzene rings is 1. The zero-order valence-electron chi connectivity index (χ0n) is 7.31. The van der Waals surface area contributed by atoms with Crippen molar-refractivity contribution in [3.63, 3.8) is 0 Å². The van der Waals surface area contributed by atoms with Crippen molar-refractivity contribution < 1.29 is 4.39 Å². The smallest absolute Gasteiger partial charge is 0.160 e. The zero-order valence-corrected chi connectivity index (χ0v) is 8.83. The third kappa shape index (κ3) is 2.50. The lowest BCUT2D eigenvalue weighted by atomic mass is 10.2. The van der Waals surface area contributed by atoms with Gasteiger partial charge in [0.1, 0.15) is 6.04 Å². The summed E-state index contributed by atoms with van der Waals surface area (Å²) in [6, 6.07) is 4.37. The van der Waals surface area contributed by atoms with Crippen LogP contribution >= 0.6 is 23.2 Å². The van der Waals surface area contributed by atoms with Gasteiger partial charge in [-0.2, -0.15) is 5.26 Å². The fraction of sp³-hybridized carbons (Fsp3) is 0.222. The molecule has 0 bridgehead atoms. The van der Waals surface area contributed by atoms with E-state index in [1.165, 1.54) is 12.1 Å². The fourth-order valence-corrected chi connectivity index (χ4v) is 1.41. The van der Waals surface area contributed by atoms with E-state index in [1.54, 1.807) is 6.92 Å². The largest absolute Gasteiger partial charge is 0.370 e. The minimum absolute atomic E-state index is 0.0647. The average Bonchev–Trinajstić information content (AvgIpc) is 2.14. The highest BCUT2D eigenvalue weighted by Crippen LogP contribution is 2.27. The summed E-state index contributed by atoms with van der Waals surface area (Å²) in [4.78, 5) is 0.